The summed E-state index contributed by atoms with van der Waals surface area (Å²) in [5.41, 5.74) is 4.39. The van der Waals surface area contributed by atoms with E-state index in [9.17, 15) is 4.79 Å². The van der Waals surface area contributed by atoms with Crippen molar-refractivity contribution in [1.29, 1.82) is 0 Å². The Morgan fingerprint density at radius 1 is 1.08 bits per heavy atom. The molecule has 0 bridgehead atoms. The molecule has 1 heterocycles. The molecule has 0 aliphatic rings. The van der Waals surface area contributed by atoms with Crippen LogP contribution in [0.1, 0.15) is 12.6 Å². The maximum atomic E-state index is 12.2. The third kappa shape index (κ3) is 3.41. The highest BCUT2D eigenvalue weighted by Gasteiger charge is 2.16. The molecule has 2 aromatic carbocycles. The van der Waals surface area contributed by atoms with Gasteiger partial charge in [-0.3, -0.25) is 10.4 Å². The van der Waals surface area contributed by atoms with Crippen molar-refractivity contribution < 1.29 is 9.53 Å². The molecular formula is C19H17N3O2. The van der Waals surface area contributed by atoms with Crippen molar-refractivity contribution in [2.24, 2.45) is 5.10 Å². The maximum Gasteiger partial charge on any atom is 0.361 e. The first-order valence-corrected chi connectivity index (χ1v) is 7.69. The lowest BCUT2D eigenvalue weighted by atomic mass is 10.1. The van der Waals surface area contributed by atoms with Crippen LogP contribution in [-0.4, -0.2) is 23.3 Å². The number of hydrogen-bond acceptors (Lipinski definition) is 5. The largest absolute Gasteiger partial charge is 0.461 e. The number of rotatable bonds is 5. The molecule has 24 heavy (non-hydrogen) atoms. The molecule has 0 spiro atoms. The fraction of sp³-hybridized carbons (Fsp3) is 0.105. The summed E-state index contributed by atoms with van der Waals surface area (Å²) in [5, 5.41) is 6.37. The fourth-order valence-corrected chi connectivity index (χ4v) is 2.35. The van der Waals surface area contributed by atoms with Crippen LogP contribution in [0.25, 0.3) is 10.8 Å². The summed E-state index contributed by atoms with van der Waals surface area (Å²) in [4.78, 5) is 16.4. The van der Waals surface area contributed by atoms with Gasteiger partial charge in [0.25, 0.3) is 0 Å². The molecule has 3 aromatic rings. The van der Waals surface area contributed by atoms with E-state index in [2.05, 4.69) is 15.5 Å². The number of carbonyl (C=O) groups excluding carboxylic acids is 1. The average Bonchev–Trinajstić information content (AvgIpc) is 2.63. The summed E-state index contributed by atoms with van der Waals surface area (Å²) in [6.45, 7) is 2.03. The van der Waals surface area contributed by atoms with Crippen molar-refractivity contribution in [3.63, 3.8) is 0 Å². The molecule has 0 aliphatic heterocycles. The summed E-state index contributed by atoms with van der Waals surface area (Å²) in [6, 6.07) is 19.1. The Labute approximate surface area is 140 Å². The van der Waals surface area contributed by atoms with Crippen molar-refractivity contribution in [2.45, 2.75) is 6.92 Å². The Balaban J connectivity index is 1.97. The van der Waals surface area contributed by atoms with Crippen LogP contribution >= 0.6 is 0 Å². The molecule has 0 fully saturated rings. The summed E-state index contributed by atoms with van der Waals surface area (Å²) >= 11 is 0. The van der Waals surface area contributed by atoms with Gasteiger partial charge >= 0.3 is 5.97 Å². The van der Waals surface area contributed by atoms with E-state index in [1.165, 1.54) is 0 Å². The smallest absolute Gasteiger partial charge is 0.361 e. The third-order valence-electron chi connectivity index (χ3n) is 3.45. The Kier molecular flexibility index (Phi) is 4.81. The van der Waals surface area contributed by atoms with Gasteiger partial charge in [0.1, 0.15) is 0 Å². The molecule has 5 nitrogen and oxygen atoms in total. The SMILES string of the molecule is CCOC(=O)/C(=N/Nc1cccc2ccccc12)c1ccccn1. The lowest BCUT2D eigenvalue weighted by Crippen LogP contribution is -2.21. The molecule has 120 valence electrons. The van der Waals surface area contributed by atoms with E-state index in [4.69, 9.17) is 4.74 Å². The summed E-state index contributed by atoms with van der Waals surface area (Å²) < 4.78 is 5.08. The number of hydrogen-bond donors (Lipinski definition) is 1. The topological polar surface area (TPSA) is 63.6 Å². The minimum Gasteiger partial charge on any atom is -0.461 e. The zero-order valence-corrected chi connectivity index (χ0v) is 13.3. The number of pyridine rings is 1. The van der Waals surface area contributed by atoms with Crippen LogP contribution in [-0.2, 0) is 9.53 Å². The van der Waals surface area contributed by atoms with Gasteiger partial charge in [-0.2, -0.15) is 5.10 Å². The van der Waals surface area contributed by atoms with Gasteiger partial charge in [-0.05, 0) is 30.5 Å². The lowest BCUT2D eigenvalue weighted by Gasteiger charge is -2.08. The van der Waals surface area contributed by atoms with Crippen LogP contribution in [0.15, 0.2) is 72.0 Å². The fourth-order valence-electron chi connectivity index (χ4n) is 2.35. The number of anilines is 1. The zero-order chi connectivity index (χ0) is 16.8. The van der Waals surface area contributed by atoms with Gasteiger partial charge < -0.3 is 4.74 Å². The molecule has 0 aliphatic carbocycles. The number of ether oxygens (including phenoxy) is 1. The van der Waals surface area contributed by atoms with E-state index in [0.717, 1.165) is 16.5 Å². The van der Waals surface area contributed by atoms with Gasteiger partial charge in [0.2, 0.25) is 0 Å². The van der Waals surface area contributed by atoms with Crippen molar-refractivity contribution >= 4 is 28.1 Å². The van der Waals surface area contributed by atoms with E-state index in [1.807, 2.05) is 42.5 Å². The Morgan fingerprint density at radius 2 is 1.88 bits per heavy atom. The van der Waals surface area contributed by atoms with E-state index in [0.29, 0.717) is 5.69 Å². The predicted molar refractivity (Wildman–Crippen MR) is 95.0 cm³/mol. The highest BCUT2D eigenvalue weighted by molar-refractivity contribution is 6.42. The Morgan fingerprint density at radius 3 is 2.67 bits per heavy atom. The molecular weight excluding hydrogens is 302 g/mol. The average molecular weight is 319 g/mol. The van der Waals surface area contributed by atoms with Crippen LogP contribution < -0.4 is 5.43 Å². The van der Waals surface area contributed by atoms with Crippen molar-refractivity contribution in [3.8, 4) is 0 Å². The normalized spacial score (nSPS) is 11.3. The second kappa shape index (κ2) is 7.37. The monoisotopic (exact) mass is 319 g/mol. The number of fused-ring (bicyclic) bond motifs is 1. The Bertz CT molecular complexity index is 871. The van der Waals surface area contributed by atoms with Crippen LogP contribution in [0.2, 0.25) is 0 Å². The first kappa shape index (κ1) is 15.7. The number of esters is 1. The van der Waals surface area contributed by atoms with Gasteiger partial charge in [0, 0.05) is 11.6 Å². The van der Waals surface area contributed by atoms with E-state index < -0.39 is 5.97 Å². The lowest BCUT2D eigenvalue weighted by molar-refractivity contribution is -0.134. The van der Waals surface area contributed by atoms with E-state index in [-0.39, 0.29) is 12.3 Å². The van der Waals surface area contributed by atoms with Gasteiger partial charge in [-0.25, -0.2) is 4.79 Å². The molecule has 0 saturated heterocycles. The number of aromatic nitrogens is 1. The van der Waals surface area contributed by atoms with E-state index in [1.54, 1.807) is 31.3 Å². The van der Waals surface area contributed by atoms with Gasteiger partial charge in [-0.15, -0.1) is 0 Å². The van der Waals surface area contributed by atoms with Gasteiger partial charge in [0.15, 0.2) is 5.71 Å². The highest BCUT2D eigenvalue weighted by Crippen LogP contribution is 2.23. The number of carbonyl (C=O) groups is 1. The Hall–Kier alpha value is -3.21. The number of hydrazone groups is 1. The predicted octanol–water partition coefficient (Wildman–Crippen LogP) is 3.61. The second-order valence-electron chi connectivity index (χ2n) is 5.03. The minimum atomic E-state index is -0.510. The van der Waals surface area contributed by atoms with Crippen molar-refractivity contribution in [2.75, 3.05) is 12.0 Å². The summed E-state index contributed by atoms with van der Waals surface area (Å²) in [6.07, 6.45) is 1.61. The number of benzene rings is 2. The molecule has 0 radical (unpaired) electrons. The quantitative estimate of drug-likeness (QED) is 0.443. The summed E-state index contributed by atoms with van der Waals surface area (Å²) in [7, 11) is 0. The first-order chi connectivity index (χ1) is 11.8. The standard InChI is InChI=1S/C19H17N3O2/c1-2-24-19(23)18(17-11-5-6-13-20-17)22-21-16-12-7-9-14-8-3-4-10-15(14)16/h3-13,21H,2H2,1H3/b22-18+. The molecule has 0 saturated carbocycles. The third-order valence-corrected chi connectivity index (χ3v) is 3.45. The molecule has 1 N–H and O–H groups in total. The number of nitrogens with one attached hydrogen (secondary N) is 1. The number of nitrogens with zero attached hydrogens (tertiary/aromatic N) is 2. The maximum absolute atomic E-state index is 12.2. The molecule has 0 amide bonds. The highest BCUT2D eigenvalue weighted by atomic mass is 16.5. The molecule has 0 atom stereocenters. The van der Waals surface area contributed by atoms with Gasteiger partial charge in [-0.1, -0.05) is 42.5 Å². The van der Waals surface area contributed by atoms with Crippen LogP contribution in [0, 0.1) is 0 Å². The molecule has 5 heteroatoms. The first-order valence-electron chi connectivity index (χ1n) is 7.69. The van der Waals surface area contributed by atoms with Crippen LogP contribution in [0.3, 0.4) is 0 Å². The summed E-state index contributed by atoms with van der Waals surface area (Å²) in [5.74, 6) is -0.510. The van der Waals surface area contributed by atoms with Crippen LogP contribution in [0.5, 0.6) is 0 Å². The van der Waals surface area contributed by atoms with Crippen molar-refractivity contribution in [1.82, 2.24) is 4.98 Å². The van der Waals surface area contributed by atoms with E-state index >= 15 is 0 Å². The van der Waals surface area contributed by atoms with Gasteiger partial charge in [0.05, 0.1) is 18.0 Å². The second-order valence-corrected chi connectivity index (χ2v) is 5.03. The zero-order valence-electron chi connectivity index (χ0n) is 13.3. The van der Waals surface area contributed by atoms with Crippen molar-refractivity contribution in [3.05, 3.63) is 72.6 Å². The van der Waals surface area contributed by atoms with Crippen LogP contribution in [0.4, 0.5) is 5.69 Å². The molecule has 0 unspecified atom stereocenters. The molecule has 1 aromatic heterocycles. The molecule has 3 rings (SSSR count). The minimum absolute atomic E-state index is 0.144.